The van der Waals surface area contributed by atoms with Crippen molar-refractivity contribution in [3.8, 4) is 0 Å². The molecule has 0 radical (unpaired) electrons. The summed E-state index contributed by atoms with van der Waals surface area (Å²) in [5, 5.41) is 9.38. The summed E-state index contributed by atoms with van der Waals surface area (Å²) in [6.45, 7) is 2.93. The van der Waals surface area contributed by atoms with E-state index < -0.39 is 29.2 Å². The molecule has 0 fully saturated rings. The number of nitrogens with zero attached hydrogens (tertiary/aromatic N) is 3. The van der Waals surface area contributed by atoms with Gasteiger partial charge in [-0.05, 0) is 31.2 Å². The molecule has 2 N–H and O–H groups in total. The fraction of sp³-hybridized carbons (Fsp3) is 0.222. The van der Waals surface area contributed by atoms with Gasteiger partial charge in [-0.1, -0.05) is 0 Å². The highest BCUT2D eigenvalue weighted by atomic mass is 19.4. The smallest absolute Gasteiger partial charge is 0.326 e. The summed E-state index contributed by atoms with van der Waals surface area (Å²) in [5.74, 6) is -1.24. The second-order valence-corrected chi connectivity index (χ2v) is 6.20. The average Bonchev–Trinajstić information content (AvgIpc) is 2.88. The maximum Gasteiger partial charge on any atom is 0.418 e. The second-order valence-electron chi connectivity index (χ2n) is 6.20. The molecule has 0 saturated carbocycles. The Hall–Kier alpha value is -3.43. The van der Waals surface area contributed by atoms with Gasteiger partial charge in [0.1, 0.15) is 0 Å². The maximum atomic E-state index is 13.4. The predicted molar refractivity (Wildman–Crippen MR) is 96.9 cm³/mol. The van der Waals surface area contributed by atoms with Crippen LogP contribution in [0.4, 0.5) is 24.5 Å². The van der Waals surface area contributed by atoms with Gasteiger partial charge in [0.2, 0.25) is 5.91 Å². The highest BCUT2D eigenvalue weighted by Gasteiger charge is 2.34. The molecule has 7 nitrogen and oxygen atoms in total. The second kappa shape index (κ2) is 6.95. The minimum absolute atomic E-state index is 0.0214. The first-order valence-corrected chi connectivity index (χ1v) is 8.16. The van der Waals surface area contributed by atoms with Crippen LogP contribution in [0.25, 0.3) is 11.0 Å². The zero-order valence-corrected chi connectivity index (χ0v) is 15.2. The number of alkyl halides is 3. The van der Waals surface area contributed by atoms with Crippen LogP contribution in [0.1, 0.15) is 28.5 Å². The first-order chi connectivity index (χ1) is 13.1. The Morgan fingerprint density at radius 1 is 1.14 bits per heavy atom. The van der Waals surface area contributed by atoms with Crippen LogP contribution in [-0.4, -0.2) is 26.6 Å². The third kappa shape index (κ3) is 3.80. The Bertz CT molecular complexity index is 1090. The van der Waals surface area contributed by atoms with E-state index in [9.17, 15) is 22.8 Å². The summed E-state index contributed by atoms with van der Waals surface area (Å²) in [7, 11) is 1.70. The summed E-state index contributed by atoms with van der Waals surface area (Å²) in [4.78, 5) is 27.7. The molecule has 2 amide bonds. The van der Waals surface area contributed by atoms with Gasteiger partial charge < -0.3 is 10.6 Å². The molecule has 0 unspecified atom stereocenters. The number of amides is 2. The molecule has 0 atom stereocenters. The number of hydrogen-bond donors (Lipinski definition) is 2. The monoisotopic (exact) mass is 391 g/mol. The largest absolute Gasteiger partial charge is 0.418 e. The summed E-state index contributed by atoms with van der Waals surface area (Å²) >= 11 is 0. The number of halogens is 3. The average molecular weight is 391 g/mol. The minimum Gasteiger partial charge on any atom is -0.326 e. The third-order valence-electron chi connectivity index (χ3n) is 4.02. The van der Waals surface area contributed by atoms with Crippen LogP contribution in [0.2, 0.25) is 0 Å². The lowest BCUT2D eigenvalue weighted by Crippen LogP contribution is -2.17. The van der Waals surface area contributed by atoms with Gasteiger partial charge in [-0.15, -0.1) is 0 Å². The molecule has 0 saturated heterocycles. The van der Waals surface area contributed by atoms with Crippen molar-refractivity contribution in [2.24, 2.45) is 7.05 Å². The van der Waals surface area contributed by atoms with Crippen molar-refractivity contribution < 1.29 is 22.8 Å². The molecule has 0 aliphatic heterocycles. The molecule has 0 spiro atoms. The molecule has 0 aliphatic rings. The Morgan fingerprint density at radius 3 is 2.50 bits per heavy atom. The summed E-state index contributed by atoms with van der Waals surface area (Å²) in [6, 6.07) is 4.66. The lowest BCUT2D eigenvalue weighted by Gasteiger charge is -2.15. The number of carbonyl (C=O) groups excluding carboxylic acids is 2. The van der Waals surface area contributed by atoms with Gasteiger partial charge in [-0.2, -0.15) is 18.3 Å². The number of hydrogen-bond acceptors (Lipinski definition) is 4. The highest BCUT2D eigenvalue weighted by molar-refractivity contribution is 6.06. The van der Waals surface area contributed by atoms with E-state index in [1.54, 1.807) is 18.7 Å². The number of rotatable bonds is 3. The van der Waals surface area contributed by atoms with Gasteiger partial charge in [-0.3, -0.25) is 14.3 Å². The third-order valence-corrected chi connectivity index (χ3v) is 4.02. The van der Waals surface area contributed by atoms with Crippen molar-refractivity contribution in [3.63, 3.8) is 0 Å². The molecule has 0 aliphatic carbocycles. The Labute approximate surface area is 157 Å². The van der Waals surface area contributed by atoms with Crippen LogP contribution < -0.4 is 10.6 Å². The van der Waals surface area contributed by atoms with Crippen molar-refractivity contribution in [3.05, 3.63) is 47.3 Å². The number of carbonyl (C=O) groups is 2. The Morgan fingerprint density at radius 2 is 1.86 bits per heavy atom. The number of benzene rings is 1. The van der Waals surface area contributed by atoms with Gasteiger partial charge in [0.25, 0.3) is 5.91 Å². The lowest BCUT2D eigenvalue weighted by atomic mass is 10.1. The molecule has 2 heterocycles. The molecule has 146 valence electrons. The van der Waals surface area contributed by atoms with E-state index in [1.165, 1.54) is 25.3 Å². The van der Waals surface area contributed by atoms with Crippen LogP contribution in [0.15, 0.2) is 30.5 Å². The van der Waals surface area contributed by atoms with Crippen LogP contribution >= 0.6 is 0 Å². The normalized spacial score (nSPS) is 11.5. The highest BCUT2D eigenvalue weighted by Crippen LogP contribution is 2.37. The van der Waals surface area contributed by atoms with E-state index in [1.807, 2.05) is 0 Å². The lowest BCUT2D eigenvalue weighted by molar-refractivity contribution is -0.137. The Kier molecular flexibility index (Phi) is 4.80. The van der Waals surface area contributed by atoms with Gasteiger partial charge in [0.15, 0.2) is 5.65 Å². The van der Waals surface area contributed by atoms with Crippen molar-refractivity contribution in [1.29, 1.82) is 0 Å². The standard InChI is InChI=1S/C18H16F3N5O2/c1-9-13-6-11(8-22-16(13)26(3)25-9)17(28)24-15-5-4-12(23-10(2)27)7-14(15)18(19,20)21/h4-8H,1-3H3,(H,23,27)(H,24,28). The number of anilines is 2. The van der Waals surface area contributed by atoms with Crippen LogP contribution in [-0.2, 0) is 18.0 Å². The molecule has 10 heteroatoms. The van der Waals surface area contributed by atoms with E-state index in [0.29, 0.717) is 16.7 Å². The van der Waals surface area contributed by atoms with Crippen LogP contribution in [0.5, 0.6) is 0 Å². The van der Waals surface area contributed by atoms with Crippen molar-refractivity contribution >= 4 is 34.2 Å². The molecule has 3 aromatic rings. The molecule has 2 aromatic heterocycles. The molecular weight excluding hydrogens is 375 g/mol. The quantitative estimate of drug-likeness (QED) is 0.715. The SMILES string of the molecule is CC(=O)Nc1ccc(NC(=O)c2cnc3c(c2)c(C)nn3C)c(C(F)(F)F)c1. The molecule has 3 rings (SSSR count). The first kappa shape index (κ1) is 19.3. The van der Waals surface area contributed by atoms with Crippen LogP contribution in [0.3, 0.4) is 0 Å². The number of aryl methyl sites for hydroxylation is 2. The first-order valence-electron chi connectivity index (χ1n) is 8.16. The van der Waals surface area contributed by atoms with Gasteiger partial charge in [-0.25, -0.2) is 4.98 Å². The van der Waals surface area contributed by atoms with E-state index in [0.717, 1.165) is 12.1 Å². The van der Waals surface area contributed by atoms with Gasteiger partial charge >= 0.3 is 6.18 Å². The molecule has 0 bridgehead atoms. The van der Waals surface area contributed by atoms with E-state index in [2.05, 4.69) is 20.7 Å². The zero-order valence-electron chi connectivity index (χ0n) is 15.2. The van der Waals surface area contributed by atoms with Crippen molar-refractivity contribution in [1.82, 2.24) is 14.8 Å². The van der Waals surface area contributed by atoms with Crippen molar-refractivity contribution in [2.45, 2.75) is 20.0 Å². The maximum absolute atomic E-state index is 13.4. The molecular formula is C18H16F3N5O2. The molecule has 28 heavy (non-hydrogen) atoms. The fourth-order valence-corrected chi connectivity index (χ4v) is 2.80. The summed E-state index contributed by atoms with van der Waals surface area (Å²) < 4.78 is 41.7. The zero-order chi connectivity index (χ0) is 20.6. The predicted octanol–water partition coefficient (Wildman–Crippen LogP) is 3.51. The number of aromatic nitrogens is 3. The minimum atomic E-state index is -4.72. The van der Waals surface area contributed by atoms with E-state index >= 15 is 0 Å². The van der Waals surface area contributed by atoms with E-state index in [4.69, 9.17) is 0 Å². The number of nitrogens with one attached hydrogen (secondary N) is 2. The van der Waals surface area contributed by atoms with Gasteiger partial charge in [0, 0.05) is 31.2 Å². The summed E-state index contributed by atoms with van der Waals surface area (Å²) in [6.07, 6.45) is -3.45. The number of pyridine rings is 1. The number of fused-ring (bicyclic) bond motifs is 1. The van der Waals surface area contributed by atoms with Crippen molar-refractivity contribution in [2.75, 3.05) is 10.6 Å². The van der Waals surface area contributed by atoms with Crippen LogP contribution in [0, 0.1) is 6.92 Å². The van der Waals surface area contributed by atoms with E-state index in [-0.39, 0.29) is 11.3 Å². The topological polar surface area (TPSA) is 88.9 Å². The molecule has 1 aromatic carbocycles. The fourth-order valence-electron chi connectivity index (χ4n) is 2.80. The Balaban J connectivity index is 1.95. The summed E-state index contributed by atoms with van der Waals surface area (Å²) in [5.41, 5.74) is -0.206. The van der Waals surface area contributed by atoms with Gasteiger partial charge in [0.05, 0.1) is 22.5 Å².